The molecule has 6 nitrogen and oxygen atoms in total. The SMILES string of the molecule is CCOc1cc(OC2CCC(N)CC2)ccc1[N+](=O)[O-]. The van der Waals surface area contributed by atoms with Crippen LogP contribution in [0.2, 0.25) is 0 Å². The number of hydrogen-bond donors (Lipinski definition) is 1. The first kappa shape index (κ1) is 14.6. The Morgan fingerprint density at radius 3 is 2.65 bits per heavy atom. The topological polar surface area (TPSA) is 87.6 Å². The van der Waals surface area contributed by atoms with Gasteiger partial charge in [-0.1, -0.05) is 0 Å². The lowest BCUT2D eigenvalue weighted by Crippen LogP contribution is -2.31. The monoisotopic (exact) mass is 280 g/mol. The molecule has 20 heavy (non-hydrogen) atoms. The second kappa shape index (κ2) is 6.56. The Bertz CT molecular complexity index is 470. The predicted octanol–water partition coefficient (Wildman–Crippen LogP) is 2.64. The van der Waals surface area contributed by atoms with Crippen LogP contribution in [-0.2, 0) is 0 Å². The van der Waals surface area contributed by atoms with Crippen molar-refractivity contribution >= 4 is 5.69 Å². The van der Waals surface area contributed by atoms with Crippen molar-refractivity contribution in [3.63, 3.8) is 0 Å². The largest absolute Gasteiger partial charge is 0.490 e. The van der Waals surface area contributed by atoms with Crippen LogP contribution in [0, 0.1) is 10.1 Å². The van der Waals surface area contributed by atoms with Gasteiger partial charge in [-0.25, -0.2) is 0 Å². The highest BCUT2D eigenvalue weighted by atomic mass is 16.6. The average molecular weight is 280 g/mol. The summed E-state index contributed by atoms with van der Waals surface area (Å²) in [7, 11) is 0. The Morgan fingerprint density at radius 1 is 1.35 bits per heavy atom. The summed E-state index contributed by atoms with van der Waals surface area (Å²) >= 11 is 0. The summed E-state index contributed by atoms with van der Waals surface area (Å²) in [5.74, 6) is 0.863. The molecule has 0 saturated heterocycles. The van der Waals surface area contributed by atoms with Crippen molar-refractivity contribution in [3.8, 4) is 11.5 Å². The van der Waals surface area contributed by atoms with Crippen LogP contribution in [0.5, 0.6) is 11.5 Å². The smallest absolute Gasteiger partial charge is 0.311 e. The van der Waals surface area contributed by atoms with Crippen molar-refractivity contribution in [3.05, 3.63) is 28.3 Å². The zero-order chi connectivity index (χ0) is 14.5. The first-order chi connectivity index (χ1) is 9.60. The molecular weight excluding hydrogens is 260 g/mol. The molecule has 1 fully saturated rings. The molecule has 0 aromatic heterocycles. The Hall–Kier alpha value is -1.82. The molecule has 6 heteroatoms. The number of nitro benzene ring substituents is 1. The van der Waals surface area contributed by atoms with Gasteiger partial charge in [0.05, 0.1) is 17.6 Å². The molecule has 1 saturated carbocycles. The van der Waals surface area contributed by atoms with Gasteiger partial charge in [0.1, 0.15) is 5.75 Å². The van der Waals surface area contributed by atoms with Crippen molar-refractivity contribution in [1.82, 2.24) is 0 Å². The minimum absolute atomic E-state index is 0.0372. The highest BCUT2D eigenvalue weighted by molar-refractivity contribution is 5.50. The van der Waals surface area contributed by atoms with E-state index in [4.69, 9.17) is 15.2 Å². The van der Waals surface area contributed by atoms with Gasteiger partial charge in [-0.2, -0.15) is 0 Å². The lowest BCUT2D eigenvalue weighted by molar-refractivity contribution is -0.385. The molecule has 2 rings (SSSR count). The van der Waals surface area contributed by atoms with E-state index in [9.17, 15) is 10.1 Å². The number of benzene rings is 1. The maximum atomic E-state index is 10.9. The van der Waals surface area contributed by atoms with Crippen molar-refractivity contribution in [2.75, 3.05) is 6.61 Å². The van der Waals surface area contributed by atoms with E-state index in [1.807, 2.05) is 0 Å². The highest BCUT2D eigenvalue weighted by Gasteiger charge is 2.21. The molecular formula is C14H20N2O4. The molecule has 1 aliphatic carbocycles. The van der Waals surface area contributed by atoms with E-state index in [0.717, 1.165) is 25.7 Å². The van der Waals surface area contributed by atoms with Gasteiger partial charge in [0.25, 0.3) is 0 Å². The molecule has 0 bridgehead atoms. The lowest BCUT2D eigenvalue weighted by Gasteiger charge is -2.26. The summed E-state index contributed by atoms with van der Waals surface area (Å²) in [5, 5.41) is 10.9. The Balaban J connectivity index is 2.08. The summed E-state index contributed by atoms with van der Waals surface area (Å²) in [4.78, 5) is 10.5. The number of hydrogen-bond acceptors (Lipinski definition) is 5. The fourth-order valence-electron chi connectivity index (χ4n) is 2.39. The minimum Gasteiger partial charge on any atom is -0.490 e. The van der Waals surface area contributed by atoms with Crippen LogP contribution < -0.4 is 15.2 Å². The van der Waals surface area contributed by atoms with Crippen molar-refractivity contribution < 1.29 is 14.4 Å². The average Bonchev–Trinajstić information content (AvgIpc) is 2.42. The third kappa shape index (κ3) is 3.60. The fraction of sp³-hybridized carbons (Fsp3) is 0.571. The van der Waals surface area contributed by atoms with E-state index in [0.29, 0.717) is 12.4 Å². The first-order valence-electron chi connectivity index (χ1n) is 6.93. The minimum atomic E-state index is -0.450. The molecule has 0 unspecified atom stereocenters. The van der Waals surface area contributed by atoms with E-state index in [-0.39, 0.29) is 23.6 Å². The number of nitro groups is 1. The Kier molecular flexibility index (Phi) is 4.79. The van der Waals surface area contributed by atoms with Gasteiger partial charge < -0.3 is 15.2 Å². The van der Waals surface area contributed by atoms with Crippen LogP contribution in [0.25, 0.3) is 0 Å². The van der Waals surface area contributed by atoms with Crippen molar-refractivity contribution in [1.29, 1.82) is 0 Å². The molecule has 2 N–H and O–H groups in total. The van der Waals surface area contributed by atoms with Gasteiger partial charge in [0.15, 0.2) is 0 Å². The second-order valence-electron chi connectivity index (χ2n) is 4.97. The lowest BCUT2D eigenvalue weighted by atomic mass is 9.94. The van der Waals surface area contributed by atoms with Crippen LogP contribution >= 0.6 is 0 Å². The second-order valence-corrected chi connectivity index (χ2v) is 4.97. The maximum Gasteiger partial charge on any atom is 0.311 e. The Morgan fingerprint density at radius 2 is 2.05 bits per heavy atom. The summed E-state index contributed by atoms with van der Waals surface area (Å²) in [6.07, 6.45) is 3.88. The van der Waals surface area contributed by atoms with Crippen LogP contribution in [0.3, 0.4) is 0 Å². The van der Waals surface area contributed by atoms with Gasteiger partial charge in [-0.05, 0) is 38.7 Å². The van der Waals surface area contributed by atoms with Gasteiger partial charge in [0, 0.05) is 18.2 Å². The summed E-state index contributed by atoms with van der Waals surface area (Å²) in [6.45, 7) is 2.17. The van der Waals surface area contributed by atoms with E-state index in [1.54, 1.807) is 19.1 Å². The molecule has 0 atom stereocenters. The third-order valence-corrected chi connectivity index (χ3v) is 3.45. The van der Waals surface area contributed by atoms with Gasteiger partial charge in [-0.15, -0.1) is 0 Å². The van der Waals surface area contributed by atoms with E-state index in [2.05, 4.69) is 0 Å². The van der Waals surface area contributed by atoms with E-state index in [1.165, 1.54) is 6.07 Å². The molecule has 0 aliphatic heterocycles. The van der Waals surface area contributed by atoms with Gasteiger partial charge >= 0.3 is 5.69 Å². The molecule has 110 valence electrons. The number of ether oxygens (including phenoxy) is 2. The molecule has 0 radical (unpaired) electrons. The normalized spacial score (nSPS) is 22.3. The summed E-state index contributed by atoms with van der Waals surface area (Å²) < 4.78 is 11.2. The zero-order valence-corrected chi connectivity index (χ0v) is 11.6. The highest BCUT2D eigenvalue weighted by Crippen LogP contribution is 2.32. The molecule has 1 aromatic carbocycles. The Labute approximate surface area is 118 Å². The van der Waals surface area contributed by atoms with E-state index >= 15 is 0 Å². The van der Waals surface area contributed by atoms with Crippen LogP contribution in [0.15, 0.2) is 18.2 Å². The predicted molar refractivity (Wildman–Crippen MR) is 75.1 cm³/mol. The standard InChI is InChI=1S/C14H20N2O4/c1-2-19-14-9-12(7-8-13(14)16(17)18)20-11-5-3-10(15)4-6-11/h7-11H,2-6,15H2,1H3. The van der Waals surface area contributed by atoms with Crippen molar-refractivity contribution in [2.24, 2.45) is 5.73 Å². The quantitative estimate of drug-likeness (QED) is 0.661. The van der Waals surface area contributed by atoms with E-state index < -0.39 is 4.92 Å². The summed E-state index contributed by atoms with van der Waals surface area (Å²) in [5.41, 5.74) is 5.82. The number of nitrogens with zero attached hydrogens (tertiary/aromatic N) is 1. The zero-order valence-electron chi connectivity index (χ0n) is 11.6. The van der Waals surface area contributed by atoms with Gasteiger partial charge in [0.2, 0.25) is 5.75 Å². The van der Waals surface area contributed by atoms with Gasteiger partial charge in [-0.3, -0.25) is 10.1 Å². The van der Waals surface area contributed by atoms with Crippen LogP contribution in [-0.4, -0.2) is 23.7 Å². The molecule has 0 heterocycles. The molecule has 0 amide bonds. The van der Waals surface area contributed by atoms with Crippen LogP contribution in [0.4, 0.5) is 5.69 Å². The maximum absolute atomic E-state index is 10.9. The first-order valence-corrected chi connectivity index (χ1v) is 6.93. The molecule has 1 aromatic rings. The molecule has 1 aliphatic rings. The molecule has 0 spiro atoms. The number of nitrogens with two attached hydrogens (primary N) is 1. The van der Waals surface area contributed by atoms with Crippen LogP contribution in [0.1, 0.15) is 32.6 Å². The van der Waals surface area contributed by atoms with Crippen molar-refractivity contribution in [2.45, 2.75) is 44.8 Å². The summed E-state index contributed by atoms with van der Waals surface area (Å²) in [6, 6.07) is 4.91. The third-order valence-electron chi connectivity index (χ3n) is 3.45. The number of rotatable bonds is 5. The fourth-order valence-corrected chi connectivity index (χ4v) is 2.39.